The molecule has 0 aliphatic carbocycles. The molecule has 0 saturated carbocycles. The van der Waals surface area contributed by atoms with Gasteiger partial charge < -0.3 is 10.1 Å². The summed E-state index contributed by atoms with van der Waals surface area (Å²) in [7, 11) is 0. The molecule has 0 aliphatic rings. The smallest absolute Gasteiger partial charge is 0.381 e. The Balaban J connectivity index is 2.47. The van der Waals surface area contributed by atoms with Crippen LogP contribution in [0.25, 0.3) is 0 Å². The molecule has 0 aliphatic heterocycles. The van der Waals surface area contributed by atoms with E-state index >= 15 is 0 Å². The second kappa shape index (κ2) is 8.63. The van der Waals surface area contributed by atoms with E-state index in [2.05, 4.69) is 22.2 Å². The van der Waals surface area contributed by atoms with E-state index in [0.717, 1.165) is 18.9 Å². The number of hydrogen-bond acceptors (Lipinski definition) is 6. The van der Waals surface area contributed by atoms with Gasteiger partial charge in [0.25, 0.3) is 0 Å². The minimum atomic E-state index is -4.55. The first-order valence-electron chi connectivity index (χ1n) is 6.72. The second-order valence-electron chi connectivity index (χ2n) is 4.35. The molecule has 0 amide bonds. The first-order valence-corrected chi connectivity index (χ1v) is 6.72. The number of halogens is 3. The average molecular weight is 307 g/mol. The Morgan fingerprint density at radius 3 is 2.57 bits per heavy atom. The third kappa shape index (κ3) is 6.58. The highest BCUT2D eigenvalue weighted by molar-refractivity contribution is 5.42. The molecular formula is C12H20F3N5O. The largest absolute Gasteiger partial charge is 0.433 e. The van der Waals surface area contributed by atoms with E-state index in [1.807, 2.05) is 5.43 Å². The summed E-state index contributed by atoms with van der Waals surface area (Å²) >= 11 is 0. The van der Waals surface area contributed by atoms with Crippen LogP contribution < -0.4 is 16.6 Å². The van der Waals surface area contributed by atoms with E-state index < -0.39 is 11.9 Å². The number of rotatable bonds is 9. The predicted molar refractivity (Wildman–Crippen MR) is 73.7 cm³/mol. The SMILES string of the molecule is CCCCOCCCNc1cc(C(F)(F)F)nc(NN)n1. The van der Waals surface area contributed by atoms with E-state index in [-0.39, 0.29) is 11.8 Å². The molecule has 6 nitrogen and oxygen atoms in total. The lowest BCUT2D eigenvalue weighted by molar-refractivity contribution is -0.141. The number of alkyl halides is 3. The van der Waals surface area contributed by atoms with Gasteiger partial charge in [0, 0.05) is 25.8 Å². The number of ether oxygens (including phenoxy) is 1. The number of nitrogen functional groups attached to an aromatic ring is 1. The van der Waals surface area contributed by atoms with Crippen molar-refractivity contribution in [2.24, 2.45) is 5.84 Å². The van der Waals surface area contributed by atoms with Crippen LogP contribution >= 0.6 is 0 Å². The molecule has 0 atom stereocenters. The van der Waals surface area contributed by atoms with Gasteiger partial charge in [-0.15, -0.1) is 0 Å². The molecule has 0 saturated heterocycles. The molecule has 1 rings (SSSR count). The minimum absolute atomic E-state index is 0.0684. The fourth-order valence-electron chi connectivity index (χ4n) is 1.49. The number of aromatic nitrogens is 2. The van der Waals surface area contributed by atoms with E-state index in [4.69, 9.17) is 10.6 Å². The second-order valence-corrected chi connectivity index (χ2v) is 4.35. The van der Waals surface area contributed by atoms with Crippen LogP contribution in [-0.4, -0.2) is 29.7 Å². The normalized spacial score (nSPS) is 11.5. The van der Waals surface area contributed by atoms with Crippen LogP contribution in [0.1, 0.15) is 31.9 Å². The molecule has 4 N–H and O–H groups in total. The van der Waals surface area contributed by atoms with Crippen molar-refractivity contribution in [2.75, 3.05) is 30.5 Å². The van der Waals surface area contributed by atoms with Gasteiger partial charge in [-0.2, -0.15) is 18.2 Å². The summed E-state index contributed by atoms with van der Waals surface area (Å²) < 4.78 is 43.3. The standard InChI is InChI=1S/C12H20F3N5O/c1-2-3-6-21-7-4-5-17-10-8-9(12(13,14)15)18-11(19-10)20-16/h8H,2-7,16H2,1H3,(H2,17,18,19,20). The zero-order valence-electron chi connectivity index (χ0n) is 11.8. The van der Waals surface area contributed by atoms with Crippen LogP contribution in [0.3, 0.4) is 0 Å². The van der Waals surface area contributed by atoms with E-state index in [0.29, 0.717) is 26.2 Å². The van der Waals surface area contributed by atoms with Crippen LogP contribution in [0.4, 0.5) is 24.9 Å². The summed E-state index contributed by atoms with van der Waals surface area (Å²) in [4.78, 5) is 7.08. The van der Waals surface area contributed by atoms with Gasteiger partial charge >= 0.3 is 6.18 Å². The first-order chi connectivity index (χ1) is 9.97. The van der Waals surface area contributed by atoms with Crippen LogP contribution in [0.5, 0.6) is 0 Å². The molecule has 1 aromatic rings. The zero-order chi connectivity index (χ0) is 15.7. The van der Waals surface area contributed by atoms with Gasteiger partial charge in [0.2, 0.25) is 5.95 Å². The van der Waals surface area contributed by atoms with Gasteiger partial charge in [0.15, 0.2) is 5.69 Å². The molecule has 1 aromatic heterocycles. The maximum atomic E-state index is 12.6. The van der Waals surface area contributed by atoms with Crippen molar-refractivity contribution in [2.45, 2.75) is 32.4 Å². The van der Waals surface area contributed by atoms with Crippen LogP contribution in [0.15, 0.2) is 6.07 Å². The molecule has 120 valence electrons. The molecule has 0 radical (unpaired) electrons. The Morgan fingerprint density at radius 2 is 1.95 bits per heavy atom. The third-order valence-electron chi connectivity index (χ3n) is 2.56. The van der Waals surface area contributed by atoms with E-state index in [1.165, 1.54) is 0 Å². The van der Waals surface area contributed by atoms with Crippen LogP contribution in [0, 0.1) is 0 Å². The topological polar surface area (TPSA) is 85.1 Å². The highest BCUT2D eigenvalue weighted by Gasteiger charge is 2.33. The monoisotopic (exact) mass is 307 g/mol. The highest BCUT2D eigenvalue weighted by Crippen LogP contribution is 2.29. The number of anilines is 2. The van der Waals surface area contributed by atoms with Crippen molar-refractivity contribution in [1.29, 1.82) is 0 Å². The summed E-state index contributed by atoms with van der Waals surface area (Å²) in [5.74, 6) is 4.85. The van der Waals surface area contributed by atoms with E-state index in [1.54, 1.807) is 0 Å². The lowest BCUT2D eigenvalue weighted by atomic mass is 10.3. The van der Waals surface area contributed by atoms with Gasteiger partial charge in [-0.3, -0.25) is 5.43 Å². The Labute approximate surface area is 121 Å². The van der Waals surface area contributed by atoms with Gasteiger partial charge in [-0.25, -0.2) is 10.8 Å². The predicted octanol–water partition coefficient (Wildman–Crippen LogP) is 2.40. The highest BCUT2D eigenvalue weighted by atomic mass is 19.4. The van der Waals surface area contributed by atoms with Gasteiger partial charge in [0.05, 0.1) is 0 Å². The molecule has 0 aromatic carbocycles. The summed E-state index contributed by atoms with van der Waals surface area (Å²) in [6, 6.07) is 0.846. The van der Waals surface area contributed by atoms with Gasteiger partial charge in [0.1, 0.15) is 5.82 Å². The number of nitrogens with zero attached hydrogens (tertiary/aromatic N) is 2. The third-order valence-corrected chi connectivity index (χ3v) is 2.56. The first kappa shape index (κ1) is 17.4. The van der Waals surface area contributed by atoms with Crippen molar-refractivity contribution < 1.29 is 17.9 Å². The maximum Gasteiger partial charge on any atom is 0.433 e. The molecule has 1 heterocycles. The average Bonchev–Trinajstić information content (AvgIpc) is 2.45. The summed E-state index contributed by atoms with van der Waals surface area (Å²) in [6.07, 6.45) is -1.82. The molecule has 0 fully saturated rings. The lowest BCUT2D eigenvalue weighted by Gasteiger charge is -2.11. The molecule has 21 heavy (non-hydrogen) atoms. The number of unbranched alkanes of at least 4 members (excludes halogenated alkanes) is 1. The summed E-state index contributed by atoms with van der Waals surface area (Å²) in [6.45, 7) is 3.77. The van der Waals surface area contributed by atoms with E-state index in [9.17, 15) is 13.2 Å². The number of hydrogen-bond donors (Lipinski definition) is 3. The molecule has 0 spiro atoms. The Morgan fingerprint density at radius 1 is 1.24 bits per heavy atom. The van der Waals surface area contributed by atoms with Gasteiger partial charge in [-0.1, -0.05) is 13.3 Å². The fourth-order valence-corrected chi connectivity index (χ4v) is 1.49. The Hall–Kier alpha value is -1.61. The van der Waals surface area contributed by atoms with Crippen molar-refractivity contribution in [1.82, 2.24) is 9.97 Å². The van der Waals surface area contributed by atoms with Crippen molar-refractivity contribution in [3.8, 4) is 0 Å². The Bertz CT molecular complexity index is 428. The van der Waals surface area contributed by atoms with Crippen LogP contribution in [-0.2, 0) is 10.9 Å². The van der Waals surface area contributed by atoms with Crippen molar-refractivity contribution >= 4 is 11.8 Å². The molecule has 0 unspecified atom stereocenters. The number of nitrogens with two attached hydrogens (primary N) is 1. The Kier molecular flexibility index (Phi) is 7.17. The minimum Gasteiger partial charge on any atom is -0.381 e. The van der Waals surface area contributed by atoms with Crippen molar-refractivity contribution in [3.63, 3.8) is 0 Å². The van der Waals surface area contributed by atoms with Crippen molar-refractivity contribution in [3.05, 3.63) is 11.8 Å². The quantitative estimate of drug-likeness (QED) is 0.369. The molecular weight excluding hydrogens is 287 g/mol. The maximum absolute atomic E-state index is 12.6. The fraction of sp³-hybridized carbons (Fsp3) is 0.667. The van der Waals surface area contributed by atoms with Gasteiger partial charge in [-0.05, 0) is 12.8 Å². The summed E-state index contributed by atoms with van der Waals surface area (Å²) in [5, 5.41) is 2.80. The number of hydrazine groups is 1. The zero-order valence-corrected chi connectivity index (χ0v) is 11.8. The van der Waals surface area contributed by atoms with Crippen LogP contribution in [0.2, 0.25) is 0 Å². The molecule has 0 bridgehead atoms. The summed E-state index contributed by atoms with van der Waals surface area (Å²) in [5.41, 5.74) is 0.969. The lowest BCUT2D eigenvalue weighted by Crippen LogP contribution is -2.17. The molecule has 9 heteroatoms. The number of nitrogens with one attached hydrogen (secondary N) is 2.